The van der Waals surface area contributed by atoms with Crippen molar-refractivity contribution in [1.82, 2.24) is 5.32 Å². The molecular weight excluding hydrogens is 494 g/mol. The van der Waals surface area contributed by atoms with Crippen LogP contribution in [0.5, 0.6) is 11.5 Å². The topological polar surface area (TPSA) is 115 Å². The number of rotatable bonds is 6. The summed E-state index contributed by atoms with van der Waals surface area (Å²) in [5.74, 6) is 0.656. The highest BCUT2D eigenvalue weighted by molar-refractivity contribution is 7.80. The van der Waals surface area contributed by atoms with Crippen molar-refractivity contribution >= 4 is 46.6 Å². The summed E-state index contributed by atoms with van der Waals surface area (Å²) in [5, 5.41) is 13.3. The lowest BCUT2D eigenvalue weighted by molar-refractivity contribution is -0.384. The van der Waals surface area contributed by atoms with Crippen LogP contribution in [-0.2, 0) is 9.59 Å². The molecule has 1 aromatic heterocycles. The van der Waals surface area contributed by atoms with Crippen LogP contribution in [0.2, 0.25) is 0 Å². The summed E-state index contributed by atoms with van der Waals surface area (Å²) < 4.78 is 11.5. The molecule has 0 bridgehead atoms. The number of para-hydroxylation sites is 1. The van der Waals surface area contributed by atoms with Gasteiger partial charge in [-0.05, 0) is 79.0 Å². The maximum Gasteiger partial charge on any atom is 0.270 e. The maximum atomic E-state index is 13.3. The normalized spacial score (nSPS) is 14.5. The van der Waals surface area contributed by atoms with Crippen molar-refractivity contribution in [2.45, 2.75) is 0 Å². The molecule has 1 aliphatic rings. The molecule has 1 saturated heterocycles. The first-order chi connectivity index (χ1) is 17.9. The number of nitrogens with one attached hydrogen (secondary N) is 1. The second kappa shape index (κ2) is 9.88. The van der Waals surface area contributed by atoms with E-state index in [9.17, 15) is 19.7 Å². The molecule has 1 N–H and O–H groups in total. The number of nitro groups is 1. The van der Waals surface area contributed by atoms with Crippen LogP contribution in [0.25, 0.3) is 17.4 Å². The van der Waals surface area contributed by atoms with Gasteiger partial charge in [0.15, 0.2) is 5.11 Å². The molecule has 9 nitrogen and oxygen atoms in total. The number of nitro benzene ring substituents is 1. The SMILES string of the molecule is O=C1NC(=S)N(c2ccc(Oc3ccccc3)cc2)C(=O)C1=Cc1ccc(-c2ccc([N+](=O)[O-])cc2)o1. The van der Waals surface area contributed by atoms with Crippen LogP contribution in [-0.4, -0.2) is 21.9 Å². The molecule has 4 aromatic rings. The molecule has 1 aliphatic heterocycles. The van der Waals surface area contributed by atoms with Gasteiger partial charge in [-0.3, -0.25) is 29.9 Å². The Morgan fingerprint density at radius 2 is 1.57 bits per heavy atom. The third kappa shape index (κ3) is 5.00. The molecule has 5 rings (SSSR count). The average Bonchev–Trinajstić information content (AvgIpc) is 3.37. The lowest BCUT2D eigenvalue weighted by atomic mass is 10.1. The second-order valence-electron chi connectivity index (χ2n) is 7.87. The quantitative estimate of drug-likeness (QED) is 0.120. The van der Waals surface area contributed by atoms with Crippen LogP contribution in [0.1, 0.15) is 5.76 Å². The fourth-order valence-corrected chi connectivity index (χ4v) is 3.94. The number of carbonyl (C=O) groups is 2. The molecule has 0 saturated carbocycles. The Morgan fingerprint density at radius 3 is 2.24 bits per heavy atom. The number of ether oxygens (including phenoxy) is 1. The maximum absolute atomic E-state index is 13.3. The third-order valence-corrected chi connectivity index (χ3v) is 5.74. The summed E-state index contributed by atoms with van der Waals surface area (Å²) in [7, 11) is 0. The van der Waals surface area contributed by atoms with Crippen molar-refractivity contribution in [2.24, 2.45) is 0 Å². The molecule has 2 amide bonds. The van der Waals surface area contributed by atoms with E-state index < -0.39 is 16.7 Å². The Kier molecular flexibility index (Phi) is 6.31. The zero-order valence-electron chi connectivity index (χ0n) is 19.0. The monoisotopic (exact) mass is 511 g/mol. The van der Waals surface area contributed by atoms with Gasteiger partial charge in [0.1, 0.15) is 28.6 Å². The number of nitrogens with zero attached hydrogens (tertiary/aromatic N) is 2. The van der Waals surface area contributed by atoms with Gasteiger partial charge in [-0.25, -0.2) is 0 Å². The van der Waals surface area contributed by atoms with Gasteiger partial charge < -0.3 is 9.15 Å². The van der Waals surface area contributed by atoms with Gasteiger partial charge >= 0.3 is 0 Å². The van der Waals surface area contributed by atoms with Crippen LogP contribution in [0, 0.1) is 10.1 Å². The van der Waals surface area contributed by atoms with Crippen LogP contribution < -0.4 is 15.0 Å². The Labute approximate surface area is 215 Å². The predicted octanol–water partition coefficient (Wildman–Crippen LogP) is 5.48. The Morgan fingerprint density at radius 1 is 0.892 bits per heavy atom. The first-order valence-corrected chi connectivity index (χ1v) is 11.4. The first-order valence-electron chi connectivity index (χ1n) is 11.0. The predicted molar refractivity (Wildman–Crippen MR) is 140 cm³/mol. The van der Waals surface area contributed by atoms with E-state index in [4.69, 9.17) is 21.4 Å². The van der Waals surface area contributed by atoms with Gasteiger partial charge in [0, 0.05) is 17.7 Å². The number of furan rings is 1. The molecular formula is C27H17N3O6S. The molecule has 0 unspecified atom stereocenters. The number of anilines is 1. The van der Waals surface area contributed by atoms with Crippen LogP contribution in [0.4, 0.5) is 11.4 Å². The number of thiocarbonyl (C=S) groups is 1. The smallest absolute Gasteiger partial charge is 0.270 e. The standard InChI is InChI=1S/C27H17N3O6S/c31-25-23(16-22-14-15-24(36-22)17-6-8-19(9-7-17)30(33)34)26(32)29(27(37)28-25)18-10-12-21(13-11-18)35-20-4-2-1-3-5-20/h1-16H,(H,28,31,37). The first kappa shape index (κ1) is 23.6. The van der Waals surface area contributed by atoms with E-state index in [0.717, 1.165) is 0 Å². The lowest BCUT2D eigenvalue weighted by Crippen LogP contribution is -2.54. The van der Waals surface area contributed by atoms with E-state index in [1.54, 1.807) is 48.5 Å². The summed E-state index contributed by atoms with van der Waals surface area (Å²) >= 11 is 5.26. The molecule has 10 heteroatoms. The largest absolute Gasteiger partial charge is 0.457 e. The van der Waals surface area contributed by atoms with Crippen molar-refractivity contribution in [3.8, 4) is 22.8 Å². The number of amides is 2. The van der Waals surface area contributed by atoms with E-state index in [1.807, 2.05) is 30.3 Å². The Hall–Kier alpha value is -5.09. The highest BCUT2D eigenvalue weighted by Gasteiger charge is 2.34. The van der Waals surface area contributed by atoms with Crippen molar-refractivity contribution in [2.75, 3.05) is 4.90 Å². The Bertz CT molecular complexity index is 1540. The molecule has 0 atom stereocenters. The van der Waals surface area contributed by atoms with Crippen molar-refractivity contribution in [3.05, 3.63) is 112 Å². The highest BCUT2D eigenvalue weighted by Crippen LogP contribution is 2.29. The molecule has 2 heterocycles. The van der Waals surface area contributed by atoms with Crippen molar-refractivity contribution < 1.29 is 23.7 Å². The van der Waals surface area contributed by atoms with Crippen molar-refractivity contribution in [3.63, 3.8) is 0 Å². The minimum Gasteiger partial charge on any atom is -0.457 e. The fourth-order valence-electron chi connectivity index (χ4n) is 3.66. The lowest BCUT2D eigenvalue weighted by Gasteiger charge is -2.28. The summed E-state index contributed by atoms with van der Waals surface area (Å²) in [4.78, 5) is 37.5. The molecule has 182 valence electrons. The van der Waals surface area contributed by atoms with E-state index in [-0.39, 0.29) is 22.1 Å². The van der Waals surface area contributed by atoms with E-state index in [2.05, 4.69) is 5.32 Å². The summed E-state index contributed by atoms with van der Waals surface area (Å²) in [6.45, 7) is 0. The van der Waals surface area contributed by atoms with Gasteiger partial charge in [0.25, 0.3) is 17.5 Å². The van der Waals surface area contributed by atoms with Gasteiger partial charge in [-0.1, -0.05) is 18.2 Å². The molecule has 37 heavy (non-hydrogen) atoms. The number of non-ortho nitro benzene ring substituents is 1. The van der Waals surface area contributed by atoms with Crippen LogP contribution in [0.15, 0.2) is 101 Å². The Balaban J connectivity index is 1.37. The second-order valence-corrected chi connectivity index (χ2v) is 8.26. The summed E-state index contributed by atoms with van der Waals surface area (Å²) in [5.41, 5.74) is 0.850. The van der Waals surface area contributed by atoms with Crippen molar-refractivity contribution in [1.29, 1.82) is 0 Å². The molecule has 3 aromatic carbocycles. The number of benzene rings is 3. The van der Waals surface area contributed by atoms with Crippen LogP contribution >= 0.6 is 12.2 Å². The minimum atomic E-state index is -0.649. The van der Waals surface area contributed by atoms with Gasteiger partial charge in [-0.15, -0.1) is 0 Å². The van der Waals surface area contributed by atoms with Gasteiger partial charge in [-0.2, -0.15) is 0 Å². The van der Waals surface area contributed by atoms with Gasteiger partial charge in [0.2, 0.25) is 0 Å². The zero-order chi connectivity index (χ0) is 25.9. The minimum absolute atomic E-state index is 0.0437. The molecule has 0 radical (unpaired) electrons. The summed E-state index contributed by atoms with van der Waals surface area (Å²) in [6.07, 6.45) is 1.33. The number of hydrogen-bond acceptors (Lipinski definition) is 7. The number of hydrogen-bond donors (Lipinski definition) is 1. The van der Waals surface area contributed by atoms with Gasteiger partial charge in [0.05, 0.1) is 10.6 Å². The van der Waals surface area contributed by atoms with E-state index >= 15 is 0 Å². The van der Waals surface area contributed by atoms with E-state index in [1.165, 1.54) is 23.1 Å². The highest BCUT2D eigenvalue weighted by atomic mass is 32.1. The third-order valence-electron chi connectivity index (χ3n) is 5.45. The molecule has 0 aliphatic carbocycles. The summed E-state index contributed by atoms with van der Waals surface area (Å²) in [6, 6.07) is 25.0. The average molecular weight is 512 g/mol. The molecule has 1 fully saturated rings. The fraction of sp³-hybridized carbons (Fsp3) is 0. The van der Waals surface area contributed by atoms with E-state index in [0.29, 0.717) is 28.5 Å². The number of carbonyl (C=O) groups excluding carboxylic acids is 2. The van der Waals surface area contributed by atoms with Crippen LogP contribution in [0.3, 0.4) is 0 Å². The zero-order valence-corrected chi connectivity index (χ0v) is 19.8. The molecule has 0 spiro atoms.